The number of carboxylic acid groups (broad SMARTS) is 1. The van der Waals surface area contributed by atoms with Crippen molar-refractivity contribution in [3.63, 3.8) is 0 Å². The van der Waals surface area contributed by atoms with Crippen molar-refractivity contribution in [2.45, 2.75) is 56.5 Å². The van der Waals surface area contributed by atoms with Gasteiger partial charge in [-0.05, 0) is 38.2 Å². The number of carbonyl (C=O) groups excluding carboxylic acids is 3. The number of amides is 3. The second-order valence-corrected chi connectivity index (χ2v) is 7.87. The van der Waals surface area contributed by atoms with Gasteiger partial charge in [-0.3, -0.25) is 14.4 Å². The zero-order valence-corrected chi connectivity index (χ0v) is 17.4. The highest BCUT2D eigenvalue weighted by Crippen LogP contribution is 2.19. The standard InChI is InChI=1S/C17H30N4O7S/c1-9(23)13(17(27)28)20-14(24)11(5-7-29-2)19-15(25)12-4-3-6-21(12)16(26)10(18)8-22/h9-13,22-23H,3-8,18H2,1-2H3,(H,19,25)(H,20,24)(H,27,28). The molecule has 0 aromatic carbocycles. The fourth-order valence-corrected chi connectivity index (χ4v) is 3.48. The molecular weight excluding hydrogens is 404 g/mol. The number of aliphatic hydroxyl groups is 2. The summed E-state index contributed by atoms with van der Waals surface area (Å²) in [6.07, 6.45) is 1.70. The minimum atomic E-state index is -1.51. The van der Waals surface area contributed by atoms with E-state index in [0.29, 0.717) is 25.1 Å². The minimum Gasteiger partial charge on any atom is -0.480 e. The van der Waals surface area contributed by atoms with E-state index in [2.05, 4.69) is 10.6 Å². The van der Waals surface area contributed by atoms with Gasteiger partial charge in [-0.1, -0.05) is 0 Å². The molecule has 12 heteroatoms. The number of carbonyl (C=O) groups is 4. The fraction of sp³-hybridized carbons (Fsp3) is 0.765. The molecule has 0 aliphatic carbocycles. The molecule has 29 heavy (non-hydrogen) atoms. The number of likely N-dealkylation sites (tertiary alicyclic amines) is 1. The Hall–Kier alpha value is -1.89. The molecule has 1 rings (SSSR count). The molecule has 166 valence electrons. The van der Waals surface area contributed by atoms with Gasteiger partial charge in [-0.15, -0.1) is 0 Å². The normalized spacial score (nSPS) is 20.4. The largest absolute Gasteiger partial charge is 0.480 e. The highest BCUT2D eigenvalue weighted by atomic mass is 32.2. The van der Waals surface area contributed by atoms with Crippen LogP contribution >= 0.6 is 11.8 Å². The molecule has 0 radical (unpaired) electrons. The molecule has 1 heterocycles. The van der Waals surface area contributed by atoms with Crippen LogP contribution in [0.5, 0.6) is 0 Å². The van der Waals surface area contributed by atoms with Gasteiger partial charge in [0.15, 0.2) is 6.04 Å². The first-order chi connectivity index (χ1) is 13.6. The molecule has 11 nitrogen and oxygen atoms in total. The minimum absolute atomic E-state index is 0.238. The van der Waals surface area contributed by atoms with Crippen LogP contribution in [0.25, 0.3) is 0 Å². The summed E-state index contributed by atoms with van der Waals surface area (Å²) < 4.78 is 0. The van der Waals surface area contributed by atoms with Crippen LogP contribution in [-0.2, 0) is 19.2 Å². The van der Waals surface area contributed by atoms with Crippen molar-refractivity contribution in [3.05, 3.63) is 0 Å². The predicted molar refractivity (Wildman–Crippen MR) is 106 cm³/mol. The Morgan fingerprint density at radius 3 is 2.45 bits per heavy atom. The monoisotopic (exact) mass is 434 g/mol. The van der Waals surface area contributed by atoms with Crippen LogP contribution < -0.4 is 16.4 Å². The second-order valence-electron chi connectivity index (χ2n) is 6.89. The van der Waals surface area contributed by atoms with Crippen LogP contribution in [0, 0.1) is 0 Å². The number of carboxylic acids is 1. The second kappa shape index (κ2) is 12.0. The topological polar surface area (TPSA) is 182 Å². The van der Waals surface area contributed by atoms with Gasteiger partial charge in [0.1, 0.15) is 18.1 Å². The highest BCUT2D eigenvalue weighted by Gasteiger charge is 2.38. The smallest absolute Gasteiger partial charge is 0.328 e. The summed E-state index contributed by atoms with van der Waals surface area (Å²) in [6.45, 7) is 1.01. The lowest BCUT2D eigenvalue weighted by atomic mass is 10.1. The summed E-state index contributed by atoms with van der Waals surface area (Å²) in [6, 6.07) is -4.49. The lowest BCUT2D eigenvalue weighted by Crippen LogP contribution is -2.58. The van der Waals surface area contributed by atoms with E-state index in [1.165, 1.54) is 23.6 Å². The number of thioether (sulfide) groups is 1. The van der Waals surface area contributed by atoms with Gasteiger partial charge in [0, 0.05) is 6.54 Å². The quantitative estimate of drug-likeness (QED) is 0.204. The number of aliphatic carboxylic acids is 1. The lowest BCUT2D eigenvalue weighted by Gasteiger charge is -2.28. The predicted octanol–water partition coefficient (Wildman–Crippen LogP) is -2.51. The van der Waals surface area contributed by atoms with Crippen LogP contribution in [0.15, 0.2) is 0 Å². The molecule has 0 saturated carbocycles. The van der Waals surface area contributed by atoms with Gasteiger partial charge >= 0.3 is 5.97 Å². The van der Waals surface area contributed by atoms with Crippen molar-refractivity contribution >= 4 is 35.5 Å². The molecule has 5 unspecified atom stereocenters. The van der Waals surface area contributed by atoms with Crippen LogP contribution in [0.1, 0.15) is 26.2 Å². The van der Waals surface area contributed by atoms with Crippen LogP contribution in [-0.4, -0.2) is 99.3 Å². The SMILES string of the molecule is CSCCC(NC(=O)C1CCCN1C(=O)C(N)CO)C(=O)NC(C(=O)O)C(C)O. The van der Waals surface area contributed by atoms with Crippen molar-refractivity contribution in [2.75, 3.05) is 25.2 Å². The van der Waals surface area contributed by atoms with Crippen LogP contribution in [0.4, 0.5) is 0 Å². The fourth-order valence-electron chi connectivity index (χ4n) is 3.01. The first-order valence-electron chi connectivity index (χ1n) is 9.31. The summed E-state index contributed by atoms with van der Waals surface area (Å²) in [4.78, 5) is 50.1. The number of rotatable bonds is 11. The van der Waals surface area contributed by atoms with E-state index >= 15 is 0 Å². The Kier molecular flexibility index (Phi) is 10.4. The number of hydrogen-bond donors (Lipinski definition) is 6. The molecule has 0 aromatic heterocycles. The van der Waals surface area contributed by atoms with Gasteiger partial charge < -0.3 is 36.6 Å². The summed E-state index contributed by atoms with van der Waals surface area (Å²) in [7, 11) is 0. The van der Waals surface area contributed by atoms with Gasteiger partial charge in [0.2, 0.25) is 17.7 Å². The Morgan fingerprint density at radius 1 is 1.28 bits per heavy atom. The first-order valence-corrected chi connectivity index (χ1v) is 10.7. The Balaban J connectivity index is 2.88. The number of nitrogens with zero attached hydrogens (tertiary/aromatic N) is 1. The molecule has 5 atom stereocenters. The third kappa shape index (κ3) is 7.14. The Bertz CT molecular complexity index is 604. The van der Waals surface area contributed by atoms with E-state index < -0.39 is 60.6 Å². The molecule has 1 aliphatic rings. The van der Waals surface area contributed by atoms with Crippen molar-refractivity contribution < 1.29 is 34.5 Å². The lowest BCUT2D eigenvalue weighted by molar-refractivity contribution is -0.145. The average Bonchev–Trinajstić information content (AvgIpc) is 3.16. The molecule has 7 N–H and O–H groups in total. The van der Waals surface area contributed by atoms with Crippen LogP contribution in [0.3, 0.4) is 0 Å². The molecule has 1 saturated heterocycles. The third-order valence-electron chi connectivity index (χ3n) is 4.64. The molecular formula is C17H30N4O7S. The van der Waals surface area contributed by atoms with Gasteiger partial charge in [-0.25, -0.2) is 4.79 Å². The highest BCUT2D eigenvalue weighted by molar-refractivity contribution is 7.98. The maximum atomic E-state index is 12.7. The average molecular weight is 435 g/mol. The zero-order chi connectivity index (χ0) is 22.1. The molecule has 0 bridgehead atoms. The van der Waals surface area contributed by atoms with Crippen molar-refractivity contribution in [1.29, 1.82) is 0 Å². The van der Waals surface area contributed by atoms with Crippen molar-refractivity contribution in [3.8, 4) is 0 Å². The maximum absolute atomic E-state index is 12.7. The van der Waals surface area contributed by atoms with Crippen molar-refractivity contribution in [1.82, 2.24) is 15.5 Å². The van der Waals surface area contributed by atoms with E-state index in [1.54, 1.807) is 0 Å². The van der Waals surface area contributed by atoms with Gasteiger partial charge in [0.05, 0.1) is 12.7 Å². The summed E-state index contributed by atoms with van der Waals surface area (Å²) in [5.74, 6) is -2.70. The molecule has 1 fully saturated rings. The third-order valence-corrected chi connectivity index (χ3v) is 5.29. The summed E-state index contributed by atoms with van der Waals surface area (Å²) in [5.41, 5.74) is 5.57. The Morgan fingerprint density at radius 2 is 1.93 bits per heavy atom. The van der Waals surface area contributed by atoms with Gasteiger partial charge in [-0.2, -0.15) is 11.8 Å². The van der Waals surface area contributed by atoms with E-state index in [1.807, 2.05) is 6.26 Å². The van der Waals surface area contributed by atoms with Crippen LogP contribution in [0.2, 0.25) is 0 Å². The van der Waals surface area contributed by atoms with E-state index in [9.17, 15) is 24.3 Å². The first kappa shape index (κ1) is 25.1. The number of hydrogen-bond acceptors (Lipinski definition) is 8. The molecule has 3 amide bonds. The molecule has 0 aromatic rings. The zero-order valence-electron chi connectivity index (χ0n) is 16.5. The number of nitrogens with one attached hydrogen (secondary N) is 2. The van der Waals surface area contributed by atoms with E-state index in [4.69, 9.17) is 15.9 Å². The molecule has 0 spiro atoms. The summed E-state index contributed by atoms with van der Waals surface area (Å²) in [5, 5.41) is 32.6. The van der Waals surface area contributed by atoms with E-state index in [0.717, 1.165) is 0 Å². The Labute approximate surface area is 173 Å². The van der Waals surface area contributed by atoms with Gasteiger partial charge in [0.25, 0.3) is 0 Å². The molecule has 1 aliphatic heterocycles. The summed E-state index contributed by atoms with van der Waals surface area (Å²) >= 11 is 1.44. The number of nitrogens with two attached hydrogens (primary N) is 1. The van der Waals surface area contributed by atoms with Crippen molar-refractivity contribution in [2.24, 2.45) is 5.73 Å². The number of aliphatic hydroxyl groups excluding tert-OH is 2. The van der Waals surface area contributed by atoms with E-state index in [-0.39, 0.29) is 6.42 Å². The maximum Gasteiger partial charge on any atom is 0.328 e.